The van der Waals surface area contributed by atoms with E-state index >= 15 is 0 Å². The van der Waals surface area contributed by atoms with Gasteiger partial charge in [0.2, 0.25) is 0 Å². The molecule has 126 valence electrons. The smallest absolute Gasteiger partial charge is 0.251 e. The van der Waals surface area contributed by atoms with E-state index in [-0.39, 0.29) is 11.7 Å². The number of nitrogen functional groups attached to an aromatic ring is 1. The molecule has 2 aromatic rings. The van der Waals surface area contributed by atoms with Crippen molar-refractivity contribution in [2.45, 2.75) is 6.92 Å². The average Bonchev–Trinajstić information content (AvgIpc) is 2.57. The van der Waals surface area contributed by atoms with Crippen molar-refractivity contribution >= 4 is 28.8 Å². The van der Waals surface area contributed by atoms with Gasteiger partial charge < -0.3 is 21.1 Å². The van der Waals surface area contributed by atoms with E-state index in [2.05, 4.69) is 10.6 Å². The Bertz CT molecular complexity index is 744. The number of carbonyl (C=O) groups excluding carboxylic acids is 2. The highest BCUT2D eigenvalue weighted by molar-refractivity contribution is 5.97. The molecule has 0 radical (unpaired) electrons. The standard InChI is InChI=1S/C18H21N3O3/c1-12(22)13-4-3-5-15(10-13)21-17-7-6-14(11-16(17)19)18(23)20-8-9-24-2/h3-7,10-11,21H,8-9,19H2,1-2H3,(H,20,23). The van der Waals surface area contributed by atoms with Crippen molar-refractivity contribution in [1.82, 2.24) is 5.32 Å². The van der Waals surface area contributed by atoms with Crippen LogP contribution in [0.25, 0.3) is 0 Å². The number of anilines is 3. The predicted molar refractivity (Wildman–Crippen MR) is 94.8 cm³/mol. The van der Waals surface area contributed by atoms with Gasteiger partial charge >= 0.3 is 0 Å². The molecule has 6 heteroatoms. The summed E-state index contributed by atoms with van der Waals surface area (Å²) in [7, 11) is 1.58. The fraction of sp³-hybridized carbons (Fsp3) is 0.222. The van der Waals surface area contributed by atoms with Crippen molar-refractivity contribution in [2.24, 2.45) is 0 Å². The van der Waals surface area contributed by atoms with Crippen LogP contribution in [0.5, 0.6) is 0 Å². The van der Waals surface area contributed by atoms with Crippen molar-refractivity contribution in [3.63, 3.8) is 0 Å². The molecule has 0 aliphatic heterocycles. The van der Waals surface area contributed by atoms with E-state index in [0.717, 1.165) is 5.69 Å². The summed E-state index contributed by atoms with van der Waals surface area (Å²) in [5.41, 5.74) is 9.00. The van der Waals surface area contributed by atoms with Crippen molar-refractivity contribution in [3.8, 4) is 0 Å². The van der Waals surface area contributed by atoms with Gasteiger partial charge in [0.05, 0.1) is 18.0 Å². The van der Waals surface area contributed by atoms with Gasteiger partial charge in [0.25, 0.3) is 5.91 Å². The van der Waals surface area contributed by atoms with Crippen molar-refractivity contribution in [2.75, 3.05) is 31.3 Å². The first-order valence-corrected chi connectivity index (χ1v) is 7.56. The lowest BCUT2D eigenvalue weighted by Crippen LogP contribution is -2.27. The van der Waals surface area contributed by atoms with Crippen LogP contribution in [0.15, 0.2) is 42.5 Å². The van der Waals surface area contributed by atoms with Gasteiger partial charge in [-0.15, -0.1) is 0 Å². The number of nitrogens with one attached hydrogen (secondary N) is 2. The van der Waals surface area contributed by atoms with E-state index in [1.165, 1.54) is 6.92 Å². The first kappa shape index (κ1) is 17.5. The van der Waals surface area contributed by atoms with Crippen LogP contribution in [0.1, 0.15) is 27.6 Å². The lowest BCUT2D eigenvalue weighted by atomic mass is 10.1. The Balaban J connectivity index is 2.11. The van der Waals surface area contributed by atoms with Gasteiger partial charge in [-0.25, -0.2) is 0 Å². The molecule has 2 rings (SSSR count). The lowest BCUT2D eigenvalue weighted by Gasteiger charge is -2.12. The Hall–Kier alpha value is -2.86. The van der Waals surface area contributed by atoms with Crippen LogP contribution < -0.4 is 16.4 Å². The van der Waals surface area contributed by atoms with E-state index in [1.54, 1.807) is 43.5 Å². The molecule has 24 heavy (non-hydrogen) atoms. The molecule has 1 amide bonds. The minimum atomic E-state index is -0.205. The molecule has 0 aromatic heterocycles. The molecule has 0 heterocycles. The average molecular weight is 327 g/mol. The van der Waals surface area contributed by atoms with Gasteiger partial charge in [-0.1, -0.05) is 12.1 Å². The molecule has 0 aliphatic rings. The number of nitrogens with two attached hydrogens (primary N) is 1. The number of benzene rings is 2. The van der Waals surface area contributed by atoms with Crippen LogP contribution in [0.2, 0.25) is 0 Å². The van der Waals surface area contributed by atoms with E-state index in [1.807, 2.05) is 6.07 Å². The van der Waals surface area contributed by atoms with E-state index in [0.29, 0.717) is 35.7 Å². The number of amides is 1. The third-order valence-electron chi connectivity index (χ3n) is 3.45. The molecule has 4 N–H and O–H groups in total. The third-order valence-corrected chi connectivity index (χ3v) is 3.45. The second-order valence-electron chi connectivity index (χ2n) is 5.31. The fourth-order valence-electron chi connectivity index (χ4n) is 2.16. The number of carbonyl (C=O) groups is 2. The molecule has 0 unspecified atom stereocenters. The number of methoxy groups -OCH3 is 1. The van der Waals surface area contributed by atoms with Gasteiger partial charge in [0.1, 0.15) is 0 Å². The van der Waals surface area contributed by atoms with Gasteiger partial charge in [0.15, 0.2) is 5.78 Å². The van der Waals surface area contributed by atoms with Gasteiger partial charge in [-0.05, 0) is 37.3 Å². The molecular weight excluding hydrogens is 306 g/mol. The molecule has 0 fully saturated rings. The summed E-state index contributed by atoms with van der Waals surface area (Å²) in [6.07, 6.45) is 0. The predicted octanol–water partition coefficient (Wildman–Crippen LogP) is 2.59. The fourth-order valence-corrected chi connectivity index (χ4v) is 2.16. The van der Waals surface area contributed by atoms with Crippen LogP contribution in [-0.4, -0.2) is 32.0 Å². The van der Waals surface area contributed by atoms with Crippen molar-refractivity contribution in [1.29, 1.82) is 0 Å². The third kappa shape index (κ3) is 4.57. The number of hydrogen-bond donors (Lipinski definition) is 3. The topological polar surface area (TPSA) is 93.5 Å². The van der Waals surface area contributed by atoms with Gasteiger partial charge in [-0.2, -0.15) is 0 Å². The zero-order valence-corrected chi connectivity index (χ0v) is 13.8. The summed E-state index contributed by atoms with van der Waals surface area (Å²) in [6, 6.07) is 12.2. The highest BCUT2D eigenvalue weighted by Crippen LogP contribution is 2.25. The molecular formula is C18H21N3O3. The number of ketones is 1. The summed E-state index contributed by atoms with van der Waals surface area (Å²) >= 11 is 0. The number of hydrogen-bond acceptors (Lipinski definition) is 5. The second-order valence-corrected chi connectivity index (χ2v) is 5.31. The minimum absolute atomic E-state index is 0.00491. The summed E-state index contributed by atoms with van der Waals surface area (Å²) in [4.78, 5) is 23.4. The number of rotatable bonds is 7. The van der Waals surface area contributed by atoms with E-state index in [9.17, 15) is 9.59 Å². The van der Waals surface area contributed by atoms with Gasteiger partial charge in [0, 0.05) is 30.5 Å². The first-order valence-electron chi connectivity index (χ1n) is 7.56. The summed E-state index contributed by atoms with van der Waals surface area (Å²) in [5.74, 6) is -0.210. The first-order chi connectivity index (χ1) is 11.5. The molecule has 0 saturated carbocycles. The Morgan fingerprint density at radius 1 is 1.12 bits per heavy atom. The molecule has 0 spiro atoms. The van der Waals surface area contributed by atoms with Gasteiger partial charge in [-0.3, -0.25) is 9.59 Å². The molecule has 2 aromatic carbocycles. The number of Topliss-reactive ketones (excluding diaryl/α,β-unsaturated/α-hetero) is 1. The molecule has 0 aliphatic carbocycles. The Labute approximate surface area is 141 Å². The largest absolute Gasteiger partial charge is 0.397 e. The zero-order chi connectivity index (χ0) is 17.5. The monoisotopic (exact) mass is 327 g/mol. The molecule has 0 bridgehead atoms. The Morgan fingerprint density at radius 2 is 1.92 bits per heavy atom. The minimum Gasteiger partial charge on any atom is -0.397 e. The normalized spacial score (nSPS) is 10.2. The lowest BCUT2D eigenvalue weighted by molar-refractivity contribution is 0.0936. The van der Waals surface area contributed by atoms with Crippen molar-refractivity contribution in [3.05, 3.63) is 53.6 Å². The van der Waals surface area contributed by atoms with Crippen LogP contribution in [0.3, 0.4) is 0 Å². The van der Waals surface area contributed by atoms with Crippen LogP contribution in [-0.2, 0) is 4.74 Å². The van der Waals surface area contributed by atoms with Crippen LogP contribution >= 0.6 is 0 Å². The van der Waals surface area contributed by atoms with E-state index < -0.39 is 0 Å². The maximum atomic E-state index is 12.0. The van der Waals surface area contributed by atoms with Crippen LogP contribution in [0.4, 0.5) is 17.1 Å². The van der Waals surface area contributed by atoms with Crippen molar-refractivity contribution < 1.29 is 14.3 Å². The molecule has 6 nitrogen and oxygen atoms in total. The maximum Gasteiger partial charge on any atom is 0.251 e. The Morgan fingerprint density at radius 3 is 2.58 bits per heavy atom. The quantitative estimate of drug-likeness (QED) is 0.413. The second kappa shape index (κ2) is 8.12. The maximum absolute atomic E-state index is 12.0. The number of ether oxygens (including phenoxy) is 1. The summed E-state index contributed by atoms with van der Waals surface area (Å²) in [6.45, 7) is 2.41. The summed E-state index contributed by atoms with van der Waals surface area (Å²) < 4.78 is 4.89. The molecule has 0 atom stereocenters. The Kier molecular flexibility index (Phi) is 5.92. The summed E-state index contributed by atoms with van der Waals surface area (Å²) in [5, 5.41) is 5.90. The zero-order valence-electron chi connectivity index (χ0n) is 13.8. The van der Waals surface area contributed by atoms with Crippen LogP contribution in [0, 0.1) is 0 Å². The highest BCUT2D eigenvalue weighted by atomic mass is 16.5. The highest BCUT2D eigenvalue weighted by Gasteiger charge is 2.08. The van der Waals surface area contributed by atoms with E-state index in [4.69, 9.17) is 10.5 Å². The molecule has 0 saturated heterocycles. The SMILES string of the molecule is COCCNC(=O)c1ccc(Nc2cccc(C(C)=O)c2)c(N)c1.